The maximum Gasteiger partial charge on any atom is 0.243 e. The number of nitrogens with one attached hydrogen (secondary N) is 1. The largest absolute Gasteiger partial charge is 0.398 e. The molecular formula is C14H22Br2N2O2S. The van der Waals surface area contributed by atoms with E-state index in [1.807, 2.05) is 6.92 Å². The molecule has 1 aromatic carbocycles. The van der Waals surface area contributed by atoms with Gasteiger partial charge in [-0.25, -0.2) is 13.1 Å². The molecule has 0 saturated carbocycles. The number of hydrogen-bond donors (Lipinski definition) is 2. The molecule has 0 fully saturated rings. The Morgan fingerprint density at radius 2 is 1.81 bits per heavy atom. The van der Waals surface area contributed by atoms with Crippen molar-refractivity contribution in [1.29, 1.82) is 0 Å². The summed E-state index contributed by atoms with van der Waals surface area (Å²) in [5, 5.41) is 0. The van der Waals surface area contributed by atoms with Gasteiger partial charge in [-0.15, -0.1) is 0 Å². The normalized spacial score (nSPS) is 13.6. The summed E-state index contributed by atoms with van der Waals surface area (Å²) in [7, 11) is -3.63. The van der Waals surface area contributed by atoms with Crippen molar-refractivity contribution >= 4 is 47.6 Å². The predicted molar refractivity (Wildman–Crippen MR) is 94.7 cm³/mol. The average Bonchev–Trinajstić information content (AvgIpc) is 2.24. The van der Waals surface area contributed by atoms with Crippen LogP contribution in [0.15, 0.2) is 26.0 Å². The monoisotopic (exact) mass is 440 g/mol. The summed E-state index contributed by atoms with van der Waals surface area (Å²) in [5.41, 5.74) is 6.07. The quantitative estimate of drug-likeness (QED) is 0.620. The highest BCUT2D eigenvalue weighted by molar-refractivity contribution is 9.11. The van der Waals surface area contributed by atoms with Crippen LogP contribution in [-0.4, -0.2) is 14.5 Å². The summed E-state index contributed by atoms with van der Waals surface area (Å²) in [6.45, 7) is 6.20. The molecule has 0 aliphatic heterocycles. The molecule has 0 aliphatic carbocycles. The number of nitrogens with two attached hydrogens (primary N) is 1. The summed E-state index contributed by atoms with van der Waals surface area (Å²) < 4.78 is 28.8. The fraction of sp³-hybridized carbons (Fsp3) is 0.571. The zero-order valence-corrected chi connectivity index (χ0v) is 16.5. The van der Waals surface area contributed by atoms with E-state index < -0.39 is 10.0 Å². The predicted octanol–water partition coefficient (Wildman–Crippen LogP) is 4.29. The molecule has 3 N–H and O–H groups in total. The van der Waals surface area contributed by atoms with Gasteiger partial charge in [0.2, 0.25) is 10.0 Å². The standard InChI is InChI=1S/C14H22Br2N2O2S/c1-9(2)5-4-6-10(3)18-21(19,20)14-12(16)7-11(15)8-13(14)17/h7-10,18H,4-6,17H2,1-3H3. The molecule has 0 aliphatic rings. The van der Waals surface area contributed by atoms with Gasteiger partial charge in [-0.2, -0.15) is 0 Å². The summed E-state index contributed by atoms with van der Waals surface area (Å²) in [5.74, 6) is 0.630. The van der Waals surface area contributed by atoms with E-state index in [0.717, 1.165) is 23.7 Å². The second kappa shape index (κ2) is 7.94. The zero-order chi connectivity index (χ0) is 16.2. The number of nitrogen functional groups attached to an aromatic ring is 1. The lowest BCUT2D eigenvalue weighted by Crippen LogP contribution is -2.33. The molecule has 1 atom stereocenters. The van der Waals surface area contributed by atoms with E-state index in [1.165, 1.54) is 0 Å². The smallest absolute Gasteiger partial charge is 0.243 e. The van der Waals surface area contributed by atoms with Crippen LogP contribution >= 0.6 is 31.9 Å². The lowest BCUT2D eigenvalue weighted by Gasteiger charge is -2.17. The molecular weight excluding hydrogens is 420 g/mol. The maximum absolute atomic E-state index is 12.5. The van der Waals surface area contributed by atoms with Crippen LogP contribution in [0.4, 0.5) is 5.69 Å². The molecule has 0 amide bonds. The third kappa shape index (κ3) is 5.88. The first kappa shape index (κ1) is 18.9. The Morgan fingerprint density at radius 3 is 2.33 bits per heavy atom. The highest BCUT2D eigenvalue weighted by Crippen LogP contribution is 2.31. The van der Waals surface area contributed by atoms with Gasteiger partial charge >= 0.3 is 0 Å². The Bertz CT molecular complexity index is 566. The minimum atomic E-state index is -3.63. The van der Waals surface area contributed by atoms with E-state index in [9.17, 15) is 8.42 Å². The number of sulfonamides is 1. The summed E-state index contributed by atoms with van der Waals surface area (Å²) >= 11 is 6.55. The minimum absolute atomic E-state index is 0.0985. The van der Waals surface area contributed by atoms with Crippen LogP contribution in [0.3, 0.4) is 0 Å². The molecule has 7 heteroatoms. The van der Waals surface area contributed by atoms with Crippen molar-refractivity contribution in [3.05, 3.63) is 21.1 Å². The molecule has 120 valence electrons. The van der Waals surface area contributed by atoms with Gasteiger partial charge in [0, 0.05) is 15.0 Å². The van der Waals surface area contributed by atoms with Crippen LogP contribution in [0, 0.1) is 5.92 Å². The van der Waals surface area contributed by atoms with Crippen LogP contribution in [0.25, 0.3) is 0 Å². The Kier molecular flexibility index (Phi) is 7.16. The number of halogens is 2. The fourth-order valence-electron chi connectivity index (χ4n) is 2.08. The first-order valence-corrected chi connectivity index (χ1v) is 9.97. The van der Waals surface area contributed by atoms with Crippen LogP contribution in [0.2, 0.25) is 0 Å². The van der Waals surface area contributed by atoms with Gasteiger partial charge in [-0.1, -0.05) is 42.6 Å². The molecule has 4 nitrogen and oxygen atoms in total. The summed E-state index contributed by atoms with van der Waals surface area (Å²) in [4.78, 5) is 0.0985. The van der Waals surface area contributed by atoms with Crippen molar-refractivity contribution in [2.75, 3.05) is 5.73 Å². The highest BCUT2D eigenvalue weighted by Gasteiger charge is 2.23. The molecule has 1 rings (SSSR count). The Hall–Kier alpha value is -0.110. The third-order valence-corrected chi connectivity index (χ3v) is 6.13. The molecule has 0 radical (unpaired) electrons. The van der Waals surface area contributed by atoms with Gasteiger partial charge in [0.15, 0.2) is 0 Å². The molecule has 0 heterocycles. The van der Waals surface area contributed by atoms with E-state index in [-0.39, 0.29) is 16.6 Å². The van der Waals surface area contributed by atoms with Crippen LogP contribution in [-0.2, 0) is 10.0 Å². The number of anilines is 1. The van der Waals surface area contributed by atoms with Gasteiger partial charge in [0.25, 0.3) is 0 Å². The SMILES string of the molecule is CC(C)CCCC(C)NS(=O)(=O)c1c(N)cc(Br)cc1Br. The van der Waals surface area contributed by atoms with Crippen LogP contribution in [0.1, 0.15) is 40.0 Å². The molecule has 1 unspecified atom stereocenters. The second-order valence-electron chi connectivity index (χ2n) is 5.65. The molecule has 0 aromatic heterocycles. The van der Waals surface area contributed by atoms with Gasteiger partial charge < -0.3 is 5.73 Å². The Labute approximate surface area is 144 Å². The van der Waals surface area contributed by atoms with Crippen LogP contribution in [0.5, 0.6) is 0 Å². The fourth-order valence-corrected chi connectivity index (χ4v) is 5.43. The molecule has 0 bridgehead atoms. The van der Waals surface area contributed by atoms with Gasteiger partial charge in [-0.05, 0) is 47.3 Å². The maximum atomic E-state index is 12.5. The lowest BCUT2D eigenvalue weighted by atomic mass is 10.0. The van der Waals surface area contributed by atoms with Gasteiger partial charge in [-0.3, -0.25) is 0 Å². The topological polar surface area (TPSA) is 72.2 Å². The van der Waals surface area contributed by atoms with Crippen molar-refractivity contribution in [3.8, 4) is 0 Å². The second-order valence-corrected chi connectivity index (χ2v) is 9.07. The van der Waals surface area contributed by atoms with E-state index in [0.29, 0.717) is 10.4 Å². The highest BCUT2D eigenvalue weighted by atomic mass is 79.9. The average molecular weight is 442 g/mol. The van der Waals surface area contributed by atoms with Crippen molar-refractivity contribution < 1.29 is 8.42 Å². The summed E-state index contributed by atoms with van der Waals surface area (Å²) in [6.07, 6.45) is 2.90. The van der Waals surface area contributed by atoms with Gasteiger partial charge in [0.1, 0.15) is 4.90 Å². The molecule has 1 aromatic rings. The molecule has 0 spiro atoms. The van der Waals surface area contributed by atoms with Crippen molar-refractivity contribution in [2.24, 2.45) is 5.92 Å². The Morgan fingerprint density at radius 1 is 1.19 bits per heavy atom. The summed E-state index contributed by atoms with van der Waals surface area (Å²) in [6, 6.07) is 3.14. The first-order chi connectivity index (χ1) is 9.63. The van der Waals surface area contributed by atoms with E-state index in [4.69, 9.17) is 5.73 Å². The molecule has 21 heavy (non-hydrogen) atoms. The Balaban J connectivity index is 2.83. The first-order valence-electron chi connectivity index (χ1n) is 6.90. The minimum Gasteiger partial charge on any atom is -0.398 e. The molecule has 0 saturated heterocycles. The van der Waals surface area contributed by atoms with Crippen molar-refractivity contribution in [3.63, 3.8) is 0 Å². The zero-order valence-electron chi connectivity index (χ0n) is 12.5. The van der Waals surface area contributed by atoms with Crippen LogP contribution < -0.4 is 10.5 Å². The van der Waals surface area contributed by atoms with E-state index in [1.54, 1.807) is 12.1 Å². The van der Waals surface area contributed by atoms with Crippen molar-refractivity contribution in [2.45, 2.75) is 51.0 Å². The number of benzene rings is 1. The third-order valence-electron chi connectivity index (χ3n) is 3.08. The number of rotatable bonds is 7. The van der Waals surface area contributed by atoms with Crippen molar-refractivity contribution in [1.82, 2.24) is 4.72 Å². The van der Waals surface area contributed by atoms with E-state index >= 15 is 0 Å². The number of hydrogen-bond acceptors (Lipinski definition) is 3. The van der Waals surface area contributed by atoms with E-state index in [2.05, 4.69) is 50.4 Å². The lowest BCUT2D eigenvalue weighted by molar-refractivity contribution is 0.488. The van der Waals surface area contributed by atoms with Gasteiger partial charge in [0.05, 0.1) is 5.69 Å².